The molecule has 0 radical (unpaired) electrons. The molecule has 0 spiro atoms. The maximum atomic E-state index is 11.1. The summed E-state index contributed by atoms with van der Waals surface area (Å²) in [4.78, 5) is 15.2. The van der Waals surface area contributed by atoms with Crippen molar-refractivity contribution in [3.63, 3.8) is 0 Å². The molecule has 86 valence electrons. The van der Waals surface area contributed by atoms with Gasteiger partial charge in [0, 0.05) is 11.6 Å². The quantitative estimate of drug-likeness (QED) is 0.818. The van der Waals surface area contributed by atoms with E-state index in [-0.39, 0.29) is 17.9 Å². The average molecular weight is 229 g/mol. The van der Waals surface area contributed by atoms with E-state index < -0.39 is 5.97 Å². The highest BCUT2D eigenvalue weighted by Gasteiger charge is 2.15. The molecule has 0 bridgehead atoms. The number of benzene rings is 1. The summed E-state index contributed by atoms with van der Waals surface area (Å²) in [6, 6.07) is 6.88. The molecule has 2 aromatic rings. The highest BCUT2D eigenvalue weighted by Crippen LogP contribution is 2.28. The standard InChI is InChI=1S/C13H11NO3/c1-2-8-17-12-10(13(15)16)6-5-9-4-3-7-14-11(9)12/h2-7H,1,8H2,(H,15,16). The van der Waals surface area contributed by atoms with Gasteiger partial charge in [0.05, 0.1) is 0 Å². The number of carboxylic acid groups (broad SMARTS) is 1. The monoisotopic (exact) mass is 229 g/mol. The molecule has 0 atom stereocenters. The first kappa shape index (κ1) is 11.1. The predicted octanol–water partition coefficient (Wildman–Crippen LogP) is 2.50. The Kier molecular flexibility index (Phi) is 3.05. The van der Waals surface area contributed by atoms with Gasteiger partial charge in [0.1, 0.15) is 17.7 Å². The summed E-state index contributed by atoms with van der Waals surface area (Å²) in [5.41, 5.74) is 0.660. The number of fused-ring (bicyclic) bond motifs is 1. The number of rotatable bonds is 4. The second kappa shape index (κ2) is 4.65. The highest BCUT2D eigenvalue weighted by molar-refractivity contribution is 5.98. The Balaban J connectivity index is 2.65. The van der Waals surface area contributed by atoms with E-state index in [0.29, 0.717) is 5.52 Å². The molecule has 0 amide bonds. The number of carboxylic acids is 1. The molecule has 0 aliphatic rings. The molecule has 4 heteroatoms. The van der Waals surface area contributed by atoms with E-state index in [4.69, 9.17) is 9.84 Å². The van der Waals surface area contributed by atoms with Crippen molar-refractivity contribution in [1.29, 1.82) is 0 Å². The van der Waals surface area contributed by atoms with Crippen LogP contribution in [-0.4, -0.2) is 22.7 Å². The Labute approximate surface area is 98.2 Å². The van der Waals surface area contributed by atoms with Gasteiger partial charge >= 0.3 is 5.97 Å². The zero-order chi connectivity index (χ0) is 12.3. The molecule has 17 heavy (non-hydrogen) atoms. The smallest absolute Gasteiger partial charge is 0.339 e. The van der Waals surface area contributed by atoms with Crippen LogP contribution in [0.2, 0.25) is 0 Å². The van der Waals surface area contributed by atoms with Gasteiger partial charge < -0.3 is 9.84 Å². The molecule has 1 heterocycles. The van der Waals surface area contributed by atoms with Crippen LogP contribution in [0.1, 0.15) is 10.4 Å². The fourth-order valence-electron chi connectivity index (χ4n) is 1.58. The number of hydrogen-bond donors (Lipinski definition) is 1. The first-order chi connectivity index (χ1) is 8.24. The number of pyridine rings is 1. The molecular formula is C13H11NO3. The van der Waals surface area contributed by atoms with Crippen LogP contribution in [0.3, 0.4) is 0 Å². The highest BCUT2D eigenvalue weighted by atomic mass is 16.5. The Hall–Kier alpha value is -2.36. The summed E-state index contributed by atoms with van der Waals surface area (Å²) in [7, 11) is 0. The molecule has 0 aliphatic heterocycles. The van der Waals surface area contributed by atoms with Crippen LogP contribution in [-0.2, 0) is 0 Å². The van der Waals surface area contributed by atoms with Gasteiger partial charge in [0.2, 0.25) is 0 Å². The minimum absolute atomic E-state index is 0.109. The van der Waals surface area contributed by atoms with Gasteiger partial charge in [-0.1, -0.05) is 24.8 Å². The Bertz CT molecular complexity index is 578. The van der Waals surface area contributed by atoms with Crippen molar-refractivity contribution in [3.05, 3.63) is 48.7 Å². The van der Waals surface area contributed by atoms with E-state index in [1.165, 1.54) is 6.07 Å². The van der Waals surface area contributed by atoms with Gasteiger partial charge in [-0.2, -0.15) is 0 Å². The fourth-order valence-corrected chi connectivity index (χ4v) is 1.58. The maximum absolute atomic E-state index is 11.1. The third-order valence-corrected chi connectivity index (χ3v) is 2.30. The molecular weight excluding hydrogens is 218 g/mol. The van der Waals surface area contributed by atoms with Crippen molar-refractivity contribution in [2.45, 2.75) is 0 Å². The van der Waals surface area contributed by atoms with Crippen LogP contribution in [0.4, 0.5) is 0 Å². The van der Waals surface area contributed by atoms with Gasteiger partial charge in [0.25, 0.3) is 0 Å². The minimum atomic E-state index is -1.03. The largest absolute Gasteiger partial charge is 0.486 e. The number of carbonyl (C=O) groups is 1. The van der Waals surface area contributed by atoms with Crippen molar-refractivity contribution in [2.24, 2.45) is 0 Å². The van der Waals surface area contributed by atoms with Crippen molar-refractivity contribution in [3.8, 4) is 5.75 Å². The summed E-state index contributed by atoms with van der Waals surface area (Å²) in [5, 5.41) is 9.93. The van der Waals surface area contributed by atoms with Gasteiger partial charge in [-0.05, 0) is 12.1 Å². The molecule has 0 unspecified atom stereocenters. The maximum Gasteiger partial charge on any atom is 0.339 e. The summed E-state index contributed by atoms with van der Waals surface area (Å²) >= 11 is 0. The summed E-state index contributed by atoms with van der Waals surface area (Å²) in [6.07, 6.45) is 3.17. The molecule has 4 nitrogen and oxygen atoms in total. The number of aromatic carboxylic acids is 1. The lowest BCUT2D eigenvalue weighted by Crippen LogP contribution is -2.04. The zero-order valence-corrected chi connectivity index (χ0v) is 9.09. The lowest BCUT2D eigenvalue weighted by molar-refractivity contribution is 0.0693. The second-order valence-electron chi connectivity index (χ2n) is 3.42. The Morgan fingerprint density at radius 3 is 3.00 bits per heavy atom. The fraction of sp³-hybridized carbons (Fsp3) is 0.0769. The number of ether oxygens (including phenoxy) is 1. The van der Waals surface area contributed by atoms with E-state index >= 15 is 0 Å². The molecule has 0 saturated heterocycles. The van der Waals surface area contributed by atoms with Crippen LogP contribution >= 0.6 is 0 Å². The van der Waals surface area contributed by atoms with Gasteiger partial charge in [-0.3, -0.25) is 4.98 Å². The van der Waals surface area contributed by atoms with Crippen LogP contribution < -0.4 is 4.74 Å². The van der Waals surface area contributed by atoms with Crippen molar-refractivity contribution in [1.82, 2.24) is 4.98 Å². The average Bonchev–Trinajstić information content (AvgIpc) is 2.35. The van der Waals surface area contributed by atoms with Crippen LogP contribution in [0.15, 0.2) is 43.1 Å². The predicted molar refractivity (Wildman–Crippen MR) is 64.4 cm³/mol. The van der Waals surface area contributed by atoms with E-state index in [1.807, 2.05) is 6.07 Å². The molecule has 2 rings (SSSR count). The van der Waals surface area contributed by atoms with Crippen LogP contribution in [0, 0.1) is 0 Å². The number of nitrogens with zero attached hydrogens (tertiary/aromatic N) is 1. The van der Waals surface area contributed by atoms with E-state index in [0.717, 1.165) is 5.39 Å². The van der Waals surface area contributed by atoms with E-state index in [1.54, 1.807) is 24.4 Å². The first-order valence-corrected chi connectivity index (χ1v) is 5.08. The molecule has 0 aliphatic carbocycles. The summed E-state index contributed by atoms with van der Waals surface area (Å²) in [5.74, 6) is -0.743. The molecule has 0 fully saturated rings. The minimum Gasteiger partial charge on any atom is -0.486 e. The van der Waals surface area contributed by atoms with Crippen molar-refractivity contribution in [2.75, 3.05) is 6.61 Å². The normalized spacial score (nSPS) is 10.1. The van der Waals surface area contributed by atoms with Crippen LogP contribution in [0.5, 0.6) is 5.75 Å². The second-order valence-corrected chi connectivity index (χ2v) is 3.42. The topological polar surface area (TPSA) is 59.4 Å². The van der Waals surface area contributed by atoms with E-state index in [2.05, 4.69) is 11.6 Å². The zero-order valence-electron chi connectivity index (χ0n) is 9.09. The summed E-state index contributed by atoms with van der Waals surface area (Å²) < 4.78 is 5.40. The number of hydrogen-bond acceptors (Lipinski definition) is 3. The lowest BCUT2D eigenvalue weighted by Gasteiger charge is -2.09. The molecule has 0 saturated carbocycles. The Morgan fingerprint density at radius 1 is 1.47 bits per heavy atom. The Morgan fingerprint density at radius 2 is 2.29 bits per heavy atom. The SMILES string of the molecule is C=CCOc1c(C(=O)O)ccc2cccnc12. The summed E-state index contributed by atoms with van der Waals surface area (Å²) in [6.45, 7) is 3.78. The van der Waals surface area contributed by atoms with Crippen LogP contribution in [0.25, 0.3) is 10.9 Å². The third kappa shape index (κ3) is 2.10. The van der Waals surface area contributed by atoms with Crippen molar-refractivity contribution < 1.29 is 14.6 Å². The first-order valence-electron chi connectivity index (χ1n) is 5.08. The lowest BCUT2D eigenvalue weighted by atomic mass is 10.1. The van der Waals surface area contributed by atoms with Gasteiger partial charge in [-0.15, -0.1) is 0 Å². The van der Waals surface area contributed by atoms with Gasteiger partial charge in [0.15, 0.2) is 5.75 Å². The molecule has 1 N–H and O–H groups in total. The van der Waals surface area contributed by atoms with E-state index in [9.17, 15) is 4.79 Å². The molecule has 1 aromatic heterocycles. The number of aromatic nitrogens is 1. The van der Waals surface area contributed by atoms with Gasteiger partial charge in [-0.25, -0.2) is 4.79 Å². The molecule has 1 aromatic carbocycles. The van der Waals surface area contributed by atoms with Crippen molar-refractivity contribution >= 4 is 16.9 Å². The third-order valence-electron chi connectivity index (χ3n) is 2.30.